The first-order chi connectivity index (χ1) is 11.2. The van der Waals surface area contributed by atoms with E-state index in [9.17, 15) is 4.39 Å². The van der Waals surface area contributed by atoms with Crippen LogP contribution in [0.15, 0.2) is 66.2 Å². The van der Waals surface area contributed by atoms with Gasteiger partial charge in [-0.3, -0.25) is 4.90 Å². The van der Waals surface area contributed by atoms with Crippen molar-refractivity contribution < 1.29 is 4.39 Å². The molecule has 0 radical (unpaired) electrons. The van der Waals surface area contributed by atoms with Crippen LogP contribution in [0.5, 0.6) is 0 Å². The summed E-state index contributed by atoms with van der Waals surface area (Å²) in [6.45, 7) is 5.30. The Hall–Kier alpha value is -2.19. The summed E-state index contributed by atoms with van der Waals surface area (Å²) in [6, 6.07) is 17.6. The van der Waals surface area contributed by atoms with E-state index in [1.165, 1.54) is 22.3 Å². The van der Waals surface area contributed by atoms with Crippen LogP contribution in [0.4, 0.5) is 4.39 Å². The smallest absolute Gasteiger partial charge is 0.123 e. The number of hydrogen-bond acceptors (Lipinski definition) is 1. The number of benzene rings is 2. The largest absolute Gasteiger partial charge is 0.294 e. The highest BCUT2D eigenvalue weighted by molar-refractivity contribution is 5.79. The van der Waals surface area contributed by atoms with Crippen molar-refractivity contribution in [1.82, 2.24) is 4.90 Å². The first-order valence-corrected chi connectivity index (χ1v) is 8.16. The summed E-state index contributed by atoms with van der Waals surface area (Å²) in [7, 11) is 0. The van der Waals surface area contributed by atoms with Crippen LogP contribution in [0.25, 0.3) is 11.1 Å². The summed E-state index contributed by atoms with van der Waals surface area (Å²) in [5, 5.41) is 0. The van der Waals surface area contributed by atoms with E-state index < -0.39 is 0 Å². The summed E-state index contributed by atoms with van der Waals surface area (Å²) < 4.78 is 13.2. The average molecular weight is 305 g/mol. The van der Waals surface area contributed by atoms with E-state index in [4.69, 9.17) is 0 Å². The van der Waals surface area contributed by atoms with Crippen LogP contribution in [0.3, 0.4) is 0 Å². The zero-order chi connectivity index (χ0) is 15.8. The first-order valence-electron chi connectivity index (χ1n) is 8.16. The normalized spacial score (nSPS) is 23.7. The number of hydrogen-bond donors (Lipinski definition) is 0. The molecule has 2 bridgehead atoms. The molecule has 2 heterocycles. The Morgan fingerprint density at radius 2 is 1.70 bits per heavy atom. The van der Waals surface area contributed by atoms with E-state index in [0.717, 1.165) is 25.2 Å². The highest BCUT2D eigenvalue weighted by Gasteiger charge is 2.31. The molecule has 4 rings (SSSR count). The minimum atomic E-state index is -0.173. The molecule has 0 saturated heterocycles. The molecule has 0 fully saturated rings. The third-order valence-electron chi connectivity index (χ3n) is 5.07. The van der Waals surface area contributed by atoms with Gasteiger partial charge in [0.2, 0.25) is 0 Å². The fourth-order valence-corrected chi connectivity index (χ4v) is 3.78. The van der Waals surface area contributed by atoms with Gasteiger partial charge < -0.3 is 0 Å². The van der Waals surface area contributed by atoms with Crippen molar-refractivity contribution in [3.05, 3.63) is 83.2 Å². The fourth-order valence-electron chi connectivity index (χ4n) is 3.78. The summed E-state index contributed by atoms with van der Waals surface area (Å²) in [6.07, 6.45) is 2.31. The fraction of sp³-hybridized carbons (Fsp3) is 0.238. The molecule has 2 aliphatic rings. The highest BCUT2D eigenvalue weighted by atomic mass is 19.1. The molecule has 2 aliphatic heterocycles. The minimum Gasteiger partial charge on any atom is -0.294 e. The lowest BCUT2D eigenvalue weighted by molar-refractivity contribution is 0.295. The predicted molar refractivity (Wildman–Crippen MR) is 93.3 cm³/mol. The second-order valence-corrected chi connectivity index (χ2v) is 6.44. The SMILES string of the molecule is CC1=C(c2ccccc2)CN2CC=C(c3ccc(F)cc3)[C@H]1C2. The first kappa shape index (κ1) is 14.4. The standard InChI is InChI=1S/C21H20FN/c1-15-20(16-5-3-2-4-6-16)13-23-12-11-19(21(15)14-23)17-7-9-18(22)10-8-17/h2-11,21H,12-14H2,1H3/t21-/m0/s1. The van der Waals surface area contributed by atoms with Crippen molar-refractivity contribution in [1.29, 1.82) is 0 Å². The highest BCUT2D eigenvalue weighted by Crippen LogP contribution is 2.40. The van der Waals surface area contributed by atoms with E-state index >= 15 is 0 Å². The summed E-state index contributed by atoms with van der Waals surface area (Å²) in [4.78, 5) is 2.49. The maximum atomic E-state index is 13.2. The molecule has 2 atom stereocenters. The molecule has 116 valence electrons. The van der Waals surface area contributed by atoms with E-state index in [0.29, 0.717) is 5.92 Å². The van der Waals surface area contributed by atoms with Crippen LogP contribution >= 0.6 is 0 Å². The molecule has 1 nitrogen and oxygen atoms in total. The van der Waals surface area contributed by atoms with Crippen molar-refractivity contribution in [3.63, 3.8) is 0 Å². The third-order valence-corrected chi connectivity index (χ3v) is 5.07. The van der Waals surface area contributed by atoms with Gasteiger partial charge in [0, 0.05) is 25.6 Å². The molecule has 0 aliphatic carbocycles. The Morgan fingerprint density at radius 1 is 0.957 bits per heavy atom. The molecule has 0 spiro atoms. The summed E-state index contributed by atoms with van der Waals surface area (Å²) in [5.74, 6) is 0.228. The molecule has 23 heavy (non-hydrogen) atoms. The van der Waals surface area contributed by atoms with Gasteiger partial charge in [0.15, 0.2) is 0 Å². The van der Waals surface area contributed by atoms with Gasteiger partial charge in [0.05, 0.1) is 0 Å². The Bertz CT molecular complexity index is 771. The maximum absolute atomic E-state index is 13.2. The Kier molecular flexibility index (Phi) is 3.62. The Labute approximate surface area is 136 Å². The van der Waals surface area contributed by atoms with Gasteiger partial charge in [-0.2, -0.15) is 0 Å². The molecule has 0 aromatic heterocycles. The van der Waals surface area contributed by atoms with Crippen LogP contribution in [-0.4, -0.2) is 24.5 Å². The quantitative estimate of drug-likeness (QED) is 0.782. The van der Waals surface area contributed by atoms with Crippen molar-refractivity contribution in [2.45, 2.75) is 6.92 Å². The van der Waals surface area contributed by atoms with E-state index in [1.807, 2.05) is 12.1 Å². The van der Waals surface area contributed by atoms with E-state index in [2.05, 4.69) is 48.2 Å². The van der Waals surface area contributed by atoms with Crippen molar-refractivity contribution in [2.24, 2.45) is 5.92 Å². The molecule has 2 aromatic rings. The van der Waals surface area contributed by atoms with Crippen LogP contribution in [0.1, 0.15) is 18.1 Å². The van der Waals surface area contributed by atoms with Crippen molar-refractivity contribution in [2.75, 3.05) is 19.6 Å². The zero-order valence-corrected chi connectivity index (χ0v) is 13.3. The zero-order valence-electron chi connectivity index (χ0n) is 13.3. The van der Waals surface area contributed by atoms with Crippen LogP contribution in [-0.2, 0) is 0 Å². The molecule has 0 N–H and O–H groups in total. The Balaban J connectivity index is 1.76. The second kappa shape index (κ2) is 5.78. The average Bonchev–Trinajstić information content (AvgIpc) is 2.60. The van der Waals surface area contributed by atoms with Crippen LogP contribution in [0.2, 0.25) is 0 Å². The number of halogens is 1. The van der Waals surface area contributed by atoms with Gasteiger partial charge in [0.25, 0.3) is 0 Å². The molecular weight excluding hydrogens is 285 g/mol. The monoisotopic (exact) mass is 305 g/mol. The minimum absolute atomic E-state index is 0.173. The topological polar surface area (TPSA) is 3.24 Å². The summed E-state index contributed by atoms with van der Waals surface area (Å²) in [5.41, 5.74) is 6.69. The Morgan fingerprint density at radius 3 is 2.43 bits per heavy atom. The number of nitrogens with zero attached hydrogens (tertiary/aromatic N) is 1. The molecular formula is C21H20FN. The number of fused-ring (bicyclic) bond motifs is 2. The van der Waals surface area contributed by atoms with Crippen LogP contribution in [0, 0.1) is 11.7 Å². The predicted octanol–water partition coefficient (Wildman–Crippen LogP) is 4.63. The number of rotatable bonds is 2. The molecule has 0 amide bonds. The van der Waals surface area contributed by atoms with E-state index in [1.54, 1.807) is 12.1 Å². The lowest BCUT2D eigenvalue weighted by Crippen LogP contribution is -2.40. The third kappa shape index (κ3) is 2.64. The lowest BCUT2D eigenvalue weighted by atomic mass is 9.78. The maximum Gasteiger partial charge on any atom is 0.123 e. The van der Waals surface area contributed by atoms with Gasteiger partial charge >= 0.3 is 0 Å². The second-order valence-electron chi connectivity index (χ2n) is 6.44. The van der Waals surface area contributed by atoms with Gasteiger partial charge in [0.1, 0.15) is 5.82 Å². The molecule has 0 saturated carbocycles. The van der Waals surface area contributed by atoms with Crippen molar-refractivity contribution >= 4 is 11.1 Å². The van der Waals surface area contributed by atoms with Gasteiger partial charge in [-0.1, -0.05) is 54.1 Å². The molecule has 1 unspecified atom stereocenters. The van der Waals surface area contributed by atoms with Gasteiger partial charge in [-0.05, 0) is 41.3 Å². The lowest BCUT2D eigenvalue weighted by Gasteiger charge is -2.40. The van der Waals surface area contributed by atoms with Crippen LogP contribution < -0.4 is 0 Å². The van der Waals surface area contributed by atoms with Gasteiger partial charge in [-0.15, -0.1) is 0 Å². The molecule has 2 aromatic carbocycles. The van der Waals surface area contributed by atoms with Gasteiger partial charge in [-0.25, -0.2) is 4.39 Å². The van der Waals surface area contributed by atoms with E-state index in [-0.39, 0.29) is 5.82 Å². The van der Waals surface area contributed by atoms with Crippen molar-refractivity contribution in [3.8, 4) is 0 Å². The molecule has 2 heteroatoms. The summed E-state index contributed by atoms with van der Waals surface area (Å²) >= 11 is 0.